The van der Waals surface area contributed by atoms with Crippen molar-refractivity contribution >= 4 is 17.6 Å². The average molecular weight is 205 g/mol. The first-order valence-corrected chi connectivity index (χ1v) is 4.72. The first-order valence-electron chi connectivity index (χ1n) is 4.72. The standard InChI is InChI=1S/C11H11NO3/c1-6-3-2-4-9-7(6)5-8(11(14)15)10(13)12-9/h2-4,8H,5H2,1H3,(H,12,13)(H,14,15). The molecule has 0 spiro atoms. The van der Waals surface area contributed by atoms with Gasteiger partial charge in [-0.05, 0) is 30.5 Å². The Kier molecular flexibility index (Phi) is 2.19. The van der Waals surface area contributed by atoms with E-state index in [1.807, 2.05) is 19.1 Å². The van der Waals surface area contributed by atoms with Gasteiger partial charge in [-0.15, -0.1) is 0 Å². The van der Waals surface area contributed by atoms with Crippen LogP contribution in [0.2, 0.25) is 0 Å². The number of aliphatic carboxylic acids is 1. The molecule has 0 aromatic heterocycles. The number of nitrogens with one attached hydrogen (secondary N) is 1. The van der Waals surface area contributed by atoms with Gasteiger partial charge in [0.2, 0.25) is 5.91 Å². The molecule has 0 aliphatic carbocycles. The number of hydrogen-bond acceptors (Lipinski definition) is 2. The molecule has 4 heteroatoms. The van der Waals surface area contributed by atoms with Crippen LogP contribution in [0.25, 0.3) is 0 Å². The van der Waals surface area contributed by atoms with Crippen LogP contribution >= 0.6 is 0 Å². The zero-order valence-corrected chi connectivity index (χ0v) is 8.28. The summed E-state index contributed by atoms with van der Waals surface area (Å²) in [5.41, 5.74) is 2.67. The molecule has 0 bridgehead atoms. The topological polar surface area (TPSA) is 66.4 Å². The molecule has 15 heavy (non-hydrogen) atoms. The van der Waals surface area contributed by atoms with Crippen molar-refractivity contribution in [2.45, 2.75) is 13.3 Å². The highest BCUT2D eigenvalue weighted by Crippen LogP contribution is 2.28. The maximum atomic E-state index is 11.4. The lowest BCUT2D eigenvalue weighted by Gasteiger charge is -2.23. The van der Waals surface area contributed by atoms with Crippen LogP contribution in [-0.4, -0.2) is 17.0 Å². The van der Waals surface area contributed by atoms with Gasteiger partial charge in [0.05, 0.1) is 0 Å². The lowest BCUT2D eigenvalue weighted by atomic mass is 9.90. The molecule has 1 aromatic carbocycles. The molecule has 4 nitrogen and oxygen atoms in total. The smallest absolute Gasteiger partial charge is 0.316 e. The summed E-state index contributed by atoms with van der Waals surface area (Å²) in [5, 5.41) is 11.5. The Morgan fingerprint density at radius 2 is 2.27 bits per heavy atom. The Morgan fingerprint density at radius 3 is 2.93 bits per heavy atom. The zero-order chi connectivity index (χ0) is 11.0. The molecular weight excluding hydrogens is 194 g/mol. The van der Waals surface area contributed by atoms with Crippen LogP contribution in [0.15, 0.2) is 18.2 Å². The minimum Gasteiger partial charge on any atom is -0.481 e. The van der Waals surface area contributed by atoms with Crippen molar-refractivity contribution in [1.29, 1.82) is 0 Å². The summed E-state index contributed by atoms with van der Waals surface area (Å²) in [6.07, 6.45) is 0.281. The number of fused-ring (bicyclic) bond motifs is 1. The summed E-state index contributed by atoms with van der Waals surface area (Å²) in [6.45, 7) is 1.91. The SMILES string of the molecule is Cc1cccc2c1CC(C(=O)O)C(=O)N2. The van der Waals surface area contributed by atoms with Crippen LogP contribution < -0.4 is 5.32 Å². The van der Waals surface area contributed by atoms with E-state index in [0.29, 0.717) is 0 Å². The maximum absolute atomic E-state index is 11.4. The molecule has 2 N–H and O–H groups in total. The molecule has 1 atom stereocenters. The number of benzene rings is 1. The second kappa shape index (κ2) is 3.38. The van der Waals surface area contributed by atoms with Crippen molar-refractivity contribution in [2.24, 2.45) is 5.92 Å². The van der Waals surface area contributed by atoms with Crippen LogP contribution in [0.5, 0.6) is 0 Å². The van der Waals surface area contributed by atoms with Crippen LogP contribution in [0.3, 0.4) is 0 Å². The van der Waals surface area contributed by atoms with E-state index in [1.54, 1.807) is 6.07 Å². The quantitative estimate of drug-likeness (QED) is 0.677. The number of aryl methyl sites for hydroxylation is 1. The van der Waals surface area contributed by atoms with E-state index in [2.05, 4.69) is 5.32 Å². The third-order valence-corrected chi connectivity index (χ3v) is 2.69. The van der Waals surface area contributed by atoms with Gasteiger partial charge in [0, 0.05) is 5.69 Å². The number of anilines is 1. The number of carboxylic acids is 1. The Balaban J connectivity index is 2.43. The summed E-state index contributed by atoms with van der Waals surface area (Å²) >= 11 is 0. The number of carbonyl (C=O) groups is 2. The molecule has 78 valence electrons. The van der Waals surface area contributed by atoms with Crippen molar-refractivity contribution in [2.75, 3.05) is 5.32 Å². The largest absolute Gasteiger partial charge is 0.481 e. The zero-order valence-electron chi connectivity index (χ0n) is 8.28. The van der Waals surface area contributed by atoms with Gasteiger partial charge in [-0.25, -0.2) is 0 Å². The van der Waals surface area contributed by atoms with Gasteiger partial charge in [0.1, 0.15) is 5.92 Å². The fraction of sp³-hybridized carbons (Fsp3) is 0.273. The summed E-state index contributed by atoms with van der Waals surface area (Å²) in [4.78, 5) is 22.2. The minimum absolute atomic E-state index is 0.281. The third kappa shape index (κ3) is 1.58. The van der Waals surface area contributed by atoms with E-state index in [1.165, 1.54) is 0 Å². The van der Waals surface area contributed by atoms with E-state index >= 15 is 0 Å². The Bertz CT molecular complexity index is 439. The highest BCUT2D eigenvalue weighted by molar-refractivity contribution is 6.06. The fourth-order valence-corrected chi connectivity index (χ4v) is 1.81. The number of amides is 1. The second-order valence-corrected chi connectivity index (χ2v) is 3.69. The molecule has 0 saturated heterocycles. The predicted octanol–water partition coefficient (Wildman–Crippen LogP) is 1.19. The average Bonchev–Trinajstić information content (AvgIpc) is 2.16. The molecule has 1 heterocycles. The van der Waals surface area contributed by atoms with Crippen LogP contribution in [0.4, 0.5) is 5.69 Å². The first kappa shape index (κ1) is 9.71. The van der Waals surface area contributed by atoms with Crippen molar-refractivity contribution in [3.8, 4) is 0 Å². The van der Waals surface area contributed by atoms with Gasteiger partial charge >= 0.3 is 5.97 Å². The molecule has 1 unspecified atom stereocenters. The van der Waals surface area contributed by atoms with E-state index < -0.39 is 17.8 Å². The molecule has 0 radical (unpaired) electrons. The molecule has 0 fully saturated rings. The monoisotopic (exact) mass is 205 g/mol. The summed E-state index contributed by atoms with van der Waals surface area (Å²) in [6, 6.07) is 5.54. The van der Waals surface area contributed by atoms with Crippen molar-refractivity contribution < 1.29 is 14.7 Å². The van der Waals surface area contributed by atoms with Gasteiger partial charge in [0.25, 0.3) is 0 Å². The Labute approximate surface area is 86.9 Å². The highest BCUT2D eigenvalue weighted by atomic mass is 16.4. The number of carbonyl (C=O) groups excluding carboxylic acids is 1. The number of rotatable bonds is 1. The van der Waals surface area contributed by atoms with E-state index in [9.17, 15) is 9.59 Å². The second-order valence-electron chi connectivity index (χ2n) is 3.69. The summed E-state index contributed by atoms with van der Waals surface area (Å²) in [7, 11) is 0. The molecule has 1 amide bonds. The van der Waals surface area contributed by atoms with E-state index in [0.717, 1.165) is 16.8 Å². The molecule has 0 saturated carbocycles. The van der Waals surface area contributed by atoms with Crippen molar-refractivity contribution in [3.05, 3.63) is 29.3 Å². The van der Waals surface area contributed by atoms with Gasteiger partial charge in [0.15, 0.2) is 0 Å². The first-order chi connectivity index (χ1) is 7.09. The van der Waals surface area contributed by atoms with Gasteiger partial charge in [-0.2, -0.15) is 0 Å². The minimum atomic E-state index is -1.07. The van der Waals surface area contributed by atoms with Gasteiger partial charge in [-0.3, -0.25) is 9.59 Å². The number of carboxylic acid groups (broad SMARTS) is 1. The highest BCUT2D eigenvalue weighted by Gasteiger charge is 2.32. The third-order valence-electron chi connectivity index (χ3n) is 2.69. The molecule has 1 aliphatic rings. The van der Waals surface area contributed by atoms with Crippen molar-refractivity contribution in [3.63, 3.8) is 0 Å². The fourth-order valence-electron chi connectivity index (χ4n) is 1.81. The lowest BCUT2D eigenvalue weighted by Crippen LogP contribution is -2.35. The molecule has 2 rings (SSSR count). The van der Waals surface area contributed by atoms with Gasteiger partial charge in [-0.1, -0.05) is 12.1 Å². The molecule has 1 aromatic rings. The van der Waals surface area contributed by atoms with E-state index in [4.69, 9.17) is 5.11 Å². The Hall–Kier alpha value is -1.84. The van der Waals surface area contributed by atoms with Crippen LogP contribution in [-0.2, 0) is 16.0 Å². The summed E-state index contributed by atoms with van der Waals surface area (Å²) in [5.74, 6) is -2.46. The van der Waals surface area contributed by atoms with Crippen molar-refractivity contribution in [1.82, 2.24) is 0 Å². The Morgan fingerprint density at radius 1 is 1.53 bits per heavy atom. The van der Waals surface area contributed by atoms with E-state index in [-0.39, 0.29) is 6.42 Å². The van der Waals surface area contributed by atoms with Crippen LogP contribution in [0, 0.1) is 12.8 Å². The molecular formula is C11H11NO3. The maximum Gasteiger partial charge on any atom is 0.316 e. The number of hydrogen-bond donors (Lipinski definition) is 2. The predicted molar refractivity (Wildman–Crippen MR) is 54.6 cm³/mol. The molecule has 1 aliphatic heterocycles. The van der Waals surface area contributed by atoms with Crippen LogP contribution in [0.1, 0.15) is 11.1 Å². The lowest BCUT2D eigenvalue weighted by molar-refractivity contribution is -0.145. The normalized spacial score (nSPS) is 19.3. The summed E-state index contributed by atoms with van der Waals surface area (Å²) < 4.78 is 0. The van der Waals surface area contributed by atoms with Gasteiger partial charge < -0.3 is 10.4 Å².